The van der Waals surface area contributed by atoms with Crippen LogP contribution >= 0.6 is 0 Å². The summed E-state index contributed by atoms with van der Waals surface area (Å²) in [5, 5.41) is 2.64. The minimum absolute atomic E-state index is 0.0624. The summed E-state index contributed by atoms with van der Waals surface area (Å²) >= 11 is 0. The summed E-state index contributed by atoms with van der Waals surface area (Å²) in [6.07, 6.45) is 2.64. The predicted molar refractivity (Wildman–Crippen MR) is 118 cm³/mol. The van der Waals surface area contributed by atoms with Crippen molar-refractivity contribution in [3.8, 4) is 5.69 Å². The molecule has 32 heavy (non-hydrogen) atoms. The first-order chi connectivity index (χ1) is 15.3. The van der Waals surface area contributed by atoms with Crippen LogP contribution in [0.1, 0.15) is 44.7 Å². The first-order valence-corrected chi connectivity index (χ1v) is 11.2. The number of para-hydroxylation sites is 1. The van der Waals surface area contributed by atoms with Crippen molar-refractivity contribution >= 4 is 23.3 Å². The lowest BCUT2D eigenvalue weighted by molar-refractivity contribution is -0.161. The monoisotopic (exact) mass is 439 g/mol. The van der Waals surface area contributed by atoms with Crippen molar-refractivity contribution in [3.05, 3.63) is 46.4 Å². The van der Waals surface area contributed by atoms with Crippen molar-refractivity contribution in [3.63, 3.8) is 0 Å². The van der Waals surface area contributed by atoms with Crippen LogP contribution in [0.5, 0.6) is 0 Å². The molecule has 1 amide bonds. The molecule has 2 aliphatic rings. The molecule has 3 unspecified atom stereocenters. The summed E-state index contributed by atoms with van der Waals surface area (Å²) in [6.45, 7) is 3.24. The number of carbonyl (C=O) groups is 3. The van der Waals surface area contributed by atoms with Gasteiger partial charge in [0, 0.05) is 18.9 Å². The second-order valence-corrected chi connectivity index (χ2v) is 8.90. The Hall–Kier alpha value is -3.16. The van der Waals surface area contributed by atoms with E-state index in [1.165, 1.54) is 11.6 Å². The molecule has 2 aromatic rings. The summed E-state index contributed by atoms with van der Waals surface area (Å²) < 4.78 is 8.59. The molecule has 1 aromatic carbocycles. The van der Waals surface area contributed by atoms with Gasteiger partial charge in [-0.05, 0) is 51.7 Å². The highest BCUT2D eigenvalue weighted by atomic mass is 16.5. The number of aromatic nitrogens is 2. The maximum absolute atomic E-state index is 13.0. The topological polar surface area (TPSA) is 99.4 Å². The van der Waals surface area contributed by atoms with Crippen LogP contribution in [0.2, 0.25) is 0 Å². The Kier molecular flexibility index (Phi) is 6.04. The van der Waals surface area contributed by atoms with Crippen LogP contribution in [0.15, 0.2) is 35.1 Å². The lowest BCUT2D eigenvalue weighted by Crippen LogP contribution is -2.41. The molecule has 2 bridgehead atoms. The third kappa shape index (κ3) is 4.01. The SMILES string of the molecule is Cc1c(NC(=O)C(C)OC(=O)C2CC3CCCC(C2)C3=O)c(=O)n(-c2ccccc2)n1C. The van der Waals surface area contributed by atoms with E-state index in [1.54, 1.807) is 30.8 Å². The molecule has 1 aromatic heterocycles. The van der Waals surface area contributed by atoms with Crippen LogP contribution in [-0.4, -0.2) is 33.1 Å². The third-order valence-corrected chi connectivity index (χ3v) is 6.85. The number of hydrogen-bond donors (Lipinski definition) is 1. The highest BCUT2D eigenvalue weighted by Gasteiger charge is 2.42. The van der Waals surface area contributed by atoms with Crippen molar-refractivity contribution in [1.29, 1.82) is 0 Å². The van der Waals surface area contributed by atoms with Gasteiger partial charge in [-0.25, -0.2) is 4.68 Å². The van der Waals surface area contributed by atoms with Crippen molar-refractivity contribution in [2.24, 2.45) is 24.8 Å². The van der Waals surface area contributed by atoms with Crippen LogP contribution < -0.4 is 10.9 Å². The van der Waals surface area contributed by atoms with E-state index in [-0.39, 0.29) is 34.8 Å². The average molecular weight is 440 g/mol. The number of ketones is 1. The summed E-state index contributed by atoms with van der Waals surface area (Å²) in [7, 11) is 1.74. The predicted octanol–water partition coefficient (Wildman–Crippen LogP) is 2.75. The van der Waals surface area contributed by atoms with Crippen LogP contribution in [0.25, 0.3) is 5.69 Å². The van der Waals surface area contributed by atoms with Gasteiger partial charge >= 0.3 is 5.97 Å². The number of hydrogen-bond acceptors (Lipinski definition) is 5. The zero-order chi connectivity index (χ0) is 23.0. The Labute approximate surface area is 186 Å². The fourth-order valence-corrected chi connectivity index (χ4v) is 4.93. The zero-order valence-electron chi connectivity index (χ0n) is 18.7. The number of ether oxygens (including phenoxy) is 1. The van der Waals surface area contributed by atoms with Gasteiger partial charge in [-0.1, -0.05) is 24.6 Å². The van der Waals surface area contributed by atoms with Gasteiger partial charge in [-0.3, -0.25) is 23.9 Å². The number of nitrogens with zero attached hydrogens (tertiary/aromatic N) is 2. The molecular formula is C24H29N3O5. The number of rotatable bonds is 5. The van der Waals surface area contributed by atoms with Gasteiger partial charge in [0.15, 0.2) is 6.10 Å². The van der Waals surface area contributed by atoms with Crippen LogP contribution in [0, 0.1) is 24.7 Å². The number of anilines is 1. The Balaban J connectivity index is 1.44. The average Bonchev–Trinajstić information content (AvgIpc) is 2.97. The molecule has 4 rings (SSSR count). The number of esters is 1. The minimum Gasteiger partial charge on any atom is -0.452 e. The Bertz CT molecular complexity index is 1080. The molecule has 1 N–H and O–H groups in total. The molecule has 8 nitrogen and oxygen atoms in total. The Morgan fingerprint density at radius 2 is 1.72 bits per heavy atom. The van der Waals surface area contributed by atoms with Crippen molar-refractivity contribution in [2.75, 3.05) is 5.32 Å². The summed E-state index contributed by atoms with van der Waals surface area (Å²) in [5.74, 6) is -1.20. The standard InChI is InChI=1S/C24H29N3O5/c1-14-20(23(30)27(26(14)3)19-10-5-4-6-11-19)25-22(29)15(2)32-24(31)18-12-16-8-7-9-17(13-18)21(16)28/h4-6,10-11,15-18H,7-9,12-13H2,1-3H3,(H,25,29). The number of fused-ring (bicyclic) bond motifs is 2. The number of Topliss-reactive ketones (excluding diaryl/α,β-unsaturated/α-hetero) is 1. The summed E-state index contributed by atoms with van der Waals surface area (Å²) in [6, 6.07) is 9.13. The fourth-order valence-electron chi connectivity index (χ4n) is 4.93. The molecule has 2 aliphatic carbocycles. The molecule has 8 heteroatoms. The van der Waals surface area contributed by atoms with E-state index < -0.39 is 18.0 Å². The normalized spacial score (nSPS) is 23.5. The smallest absolute Gasteiger partial charge is 0.309 e. The summed E-state index contributed by atoms with van der Waals surface area (Å²) in [4.78, 5) is 50.7. The Morgan fingerprint density at radius 3 is 2.34 bits per heavy atom. The lowest BCUT2D eigenvalue weighted by atomic mass is 9.67. The molecule has 3 atom stereocenters. The van der Waals surface area contributed by atoms with E-state index in [0.29, 0.717) is 24.2 Å². The molecular weight excluding hydrogens is 410 g/mol. The van der Waals surface area contributed by atoms with E-state index in [1.807, 2.05) is 18.2 Å². The first kappa shape index (κ1) is 22.0. The molecule has 0 saturated heterocycles. The van der Waals surface area contributed by atoms with Gasteiger partial charge < -0.3 is 10.1 Å². The molecule has 170 valence electrons. The number of carbonyl (C=O) groups excluding carboxylic acids is 3. The van der Waals surface area contributed by atoms with Gasteiger partial charge in [-0.2, -0.15) is 0 Å². The van der Waals surface area contributed by atoms with Gasteiger partial charge in [0.25, 0.3) is 11.5 Å². The second kappa shape index (κ2) is 8.76. The zero-order valence-corrected chi connectivity index (χ0v) is 18.7. The minimum atomic E-state index is -1.05. The maximum atomic E-state index is 13.0. The Morgan fingerprint density at radius 1 is 1.09 bits per heavy atom. The van der Waals surface area contributed by atoms with Crippen LogP contribution in [0.4, 0.5) is 5.69 Å². The molecule has 2 fully saturated rings. The van der Waals surface area contributed by atoms with E-state index >= 15 is 0 Å². The molecule has 2 saturated carbocycles. The fraction of sp³-hybridized carbons (Fsp3) is 0.500. The quantitative estimate of drug-likeness (QED) is 0.722. The van der Waals surface area contributed by atoms with Gasteiger partial charge in [0.05, 0.1) is 17.3 Å². The van der Waals surface area contributed by atoms with Gasteiger partial charge in [0.2, 0.25) is 0 Å². The molecule has 0 spiro atoms. The first-order valence-electron chi connectivity index (χ1n) is 11.2. The van der Waals surface area contributed by atoms with Gasteiger partial charge in [-0.15, -0.1) is 0 Å². The largest absolute Gasteiger partial charge is 0.452 e. The van der Waals surface area contributed by atoms with E-state index in [0.717, 1.165) is 19.3 Å². The highest BCUT2D eigenvalue weighted by molar-refractivity contribution is 5.95. The van der Waals surface area contributed by atoms with Crippen LogP contribution in [-0.2, 0) is 26.2 Å². The number of benzene rings is 1. The van der Waals surface area contributed by atoms with Crippen molar-refractivity contribution < 1.29 is 19.1 Å². The lowest BCUT2D eigenvalue weighted by Gasteiger charge is -2.36. The molecule has 0 aliphatic heterocycles. The maximum Gasteiger partial charge on any atom is 0.309 e. The molecule has 1 heterocycles. The van der Waals surface area contributed by atoms with E-state index in [4.69, 9.17) is 4.74 Å². The number of amides is 1. The van der Waals surface area contributed by atoms with Crippen LogP contribution in [0.3, 0.4) is 0 Å². The highest BCUT2D eigenvalue weighted by Crippen LogP contribution is 2.40. The molecule has 0 radical (unpaired) electrons. The van der Waals surface area contributed by atoms with E-state index in [2.05, 4.69) is 5.32 Å². The second-order valence-electron chi connectivity index (χ2n) is 8.90. The van der Waals surface area contributed by atoms with E-state index in [9.17, 15) is 19.2 Å². The summed E-state index contributed by atoms with van der Waals surface area (Å²) in [5.41, 5.74) is 1.06. The van der Waals surface area contributed by atoms with Crippen molar-refractivity contribution in [1.82, 2.24) is 9.36 Å². The number of nitrogens with one attached hydrogen (secondary N) is 1. The third-order valence-electron chi connectivity index (χ3n) is 6.85. The van der Waals surface area contributed by atoms with Gasteiger partial charge in [0.1, 0.15) is 11.5 Å². The van der Waals surface area contributed by atoms with Crippen molar-refractivity contribution in [2.45, 2.75) is 52.1 Å².